The van der Waals surface area contributed by atoms with Gasteiger partial charge in [0.1, 0.15) is 12.1 Å². The van der Waals surface area contributed by atoms with Gasteiger partial charge in [-0.2, -0.15) is 5.26 Å². The number of nitro groups is 1. The van der Waals surface area contributed by atoms with E-state index in [1.165, 1.54) is 12.1 Å². The minimum absolute atomic E-state index is 0.00319. The van der Waals surface area contributed by atoms with Crippen molar-refractivity contribution in [1.82, 2.24) is 0 Å². The first-order chi connectivity index (χ1) is 9.03. The van der Waals surface area contributed by atoms with Crippen LogP contribution in [-0.2, 0) is 9.53 Å². The van der Waals surface area contributed by atoms with Crippen LogP contribution < -0.4 is 5.32 Å². The van der Waals surface area contributed by atoms with Gasteiger partial charge in [0.25, 0.3) is 5.69 Å². The molecule has 0 amide bonds. The number of carbonyl (C=O) groups is 1. The molecule has 0 saturated heterocycles. The second-order valence-corrected chi connectivity index (χ2v) is 3.50. The highest BCUT2D eigenvalue weighted by Gasteiger charge is 2.20. The maximum Gasteiger partial charge on any atom is 0.330 e. The van der Waals surface area contributed by atoms with Crippen LogP contribution in [0.4, 0.5) is 11.4 Å². The molecule has 1 atom stereocenters. The van der Waals surface area contributed by atoms with E-state index in [0.717, 1.165) is 13.2 Å². The number of esters is 1. The largest absolute Gasteiger partial charge is 0.467 e. The third-order valence-electron chi connectivity index (χ3n) is 2.33. The highest BCUT2D eigenvalue weighted by molar-refractivity contribution is 5.80. The molecule has 8 heteroatoms. The number of benzene rings is 1. The number of anilines is 1. The van der Waals surface area contributed by atoms with Crippen molar-refractivity contribution < 1.29 is 19.6 Å². The Hall–Kier alpha value is -2.66. The van der Waals surface area contributed by atoms with E-state index in [-0.39, 0.29) is 16.9 Å². The fourth-order valence-electron chi connectivity index (χ4n) is 1.37. The molecule has 8 nitrogen and oxygen atoms in total. The van der Waals surface area contributed by atoms with Gasteiger partial charge in [-0.25, -0.2) is 4.79 Å². The van der Waals surface area contributed by atoms with Crippen LogP contribution in [0.5, 0.6) is 0 Å². The van der Waals surface area contributed by atoms with Crippen molar-refractivity contribution >= 4 is 17.3 Å². The molecule has 0 aliphatic heterocycles. The third-order valence-corrected chi connectivity index (χ3v) is 2.33. The lowest BCUT2D eigenvalue weighted by atomic mass is 10.1. The summed E-state index contributed by atoms with van der Waals surface area (Å²) in [5.74, 6) is -0.704. The normalized spacial score (nSPS) is 11.2. The first kappa shape index (κ1) is 14.4. The molecule has 0 aliphatic rings. The summed E-state index contributed by atoms with van der Waals surface area (Å²) in [5.41, 5.74) is -0.0326. The average Bonchev–Trinajstić information content (AvgIpc) is 2.43. The van der Waals surface area contributed by atoms with Gasteiger partial charge >= 0.3 is 5.97 Å². The quantitative estimate of drug-likeness (QED) is 0.448. The van der Waals surface area contributed by atoms with Gasteiger partial charge in [-0.15, -0.1) is 0 Å². The fraction of sp³-hybridized carbons (Fsp3) is 0.273. The van der Waals surface area contributed by atoms with E-state index in [1.807, 2.05) is 0 Å². The Labute approximate surface area is 108 Å². The Morgan fingerprint density at radius 2 is 2.37 bits per heavy atom. The number of hydrogen-bond donors (Lipinski definition) is 2. The van der Waals surface area contributed by atoms with E-state index in [1.54, 1.807) is 6.07 Å². The Morgan fingerprint density at radius 3 is 2.84 bits per heavy atom. The van der Waals surface area contributed by atoms with Crippen molar-refractivity contribution in [3.05, 3.63) is 33.9 Å². The highest BCUT2D eigenvalue weighted by Crippen LogP contribution is 2.22. The number of rotatable bonds is 5. The third kappa shape index (κ3) is 3.40. The molecular weight excluding hydrogens is 254 g/mol. The molecule has 1 rings (SSSR count). The monoisotopic (exact) mass is 265 g/mol. The zero-order chi connectivity index (χ0) is 14.4. The van der Waals surface area contributed by atoms with Gasteiger partial charge in [-0.05, 0) is 6.07 Å². The van der Waals surface area contributed by atoms with Gasteiger partial charge in [-0.1, -0.05) is 0 Å². The fourth-order valence-corrected chi connectivity index (χ4v) is 1.37. The number of carbonyl (C=O) groups excluding carboxylic acids is 1. The Balaban J connectivity index is 3.04. The molecule has 0 spiro atoms. The minimum Gasteiger partial charge on any atom is -0.467 e. The molecule has 1 unspecified atom stereocenters. The number of aliphatic hydroxyl groups excluding tert-OH is 1. The number of methoxy groups -OCH3 is 1. The first-order valence-corrected chi connectivity index (χ1v) is 5.17. The van der Waals surface area contributed by atoms with Crippen LogP contribution in [0.2, 0.25) is 0 Å². The number of nitrogens with zero attached hydrogens (tertiary/aromatic N) is 2. The van der Waals surface area contributed by atoms with Crippen molar-refractivity contribution in [1.29, 1.82) is 5.26 Å². The standard InChI is InChI=1S/C11H11N3O5/c1-19-11(16)10(6-15)13-9-3-2-8(14(17)18)4-7(9)5-12/h2-4,10,13,15H,6H2,1H3. The van der Waals surface area contributed by atoms with Crippen LogP contribution in [-0.4, -0.2) is 35.8 Å². The van der Waals surface area contributed by atoms with Gasteiger partial charge in [0.2, 0.25) is 0 Å². The molecule has 0 fully saturated rings. The molecular formula is C11H11N3O5. The Morgan fingerprint density at radius 1 is 1.68 bits per heavy atom. The minimum atomic E-state index is -1.04. The molecule has 1 aromatic rings. The summed E-state index contributed by atoms with van der Waals surface area (Å²) in [5, 5.41) is 31.1. The number of nitrogens with one attached hydrogen (secondary N) is 1. The lowest BCUT2D eigenvalue weighted by Gasteiger charge is -2.15. The summed E-state index contributed by atoms with van der Waals surface area (Å²) >= 11 is 0. The van der Waals surface area contributed by atoms with E-state index in [2.05, 4.69) is 10.1 Å². The second-order valence-electron chi connectivity index (χ2n) is 3.50. The summed E-state index contributed by atoms with van der Waals surface area (Å²) in [6.45, 7) is -0.533. The molecule has 0 saturated carbocycles. The summed E-state index contributed by atoms with van der Waals surface area (Å²) in [4.78, 5) is 21.2. The molecule has 1 aromatic carbocycles. The topological polar surface area (TPSA) is 125 Å². The van der Waals surface area contributed by atoms with E-state index in [4.69, 9.17) is 10.4 Å². The van der Waals surface area contributed by atoms with Crippen LogP contribution in [0.15, 0.2) is 18.2 Å². The lowest BCUT2D eigenvalue weighted by molar-refractivity contribution is -0.384. The van der Waals surface area contributed by atoms with E-state index >= 15 is 0 Å². The predicted molar refractivity (Wildman–Crippen MR) is 64.3 cm³/mol. The van der Waals surface area contributed by atoms with Crippen molar-refractivity contribution in [2.75, 3.05) is 19.0 Å². The molecule has 0 heterocycles. The van der Waals surface area contributed by atoms with E-state index in [9.17, 15) is 14.9 Å². The smallest absolute Gasteiger partial charge is 0.330 e. The lowest BCUT2D eigenvalue weighted by Crippen LogP contribution is -2.34. The molecule has 0 radical (unpaired) electrons. The molecule has 0 aliphatic carbocycles. The van der Waals surface area contributed by atoms with E-state index < -0.39 is 23.5 Å². The molecule has 0 bridgehead atoms. The first-order valence-electron chi connectivity index (χ1n) is 5.17. The molecule has 19 heavy (non-hydrogen) atoms. The maximum atomic E-state index is 11.3. The zero-order valence-corrected chi connectivity index (χ0v) is 9.99. The van der Waals surface area contributed by atoms with Crippen LogP contribution in [0, 0.1) is 21.4 Å². The van der Waals surface area contributed by atoms with Gasteiger partial charge in [0.05, 0.1) is 29.9 Å². The predicted octanol–water partition coefficient (Wildman–Crippen LogP) is 0.412. The van der Waals surface area contributed by atoms with Crippen molar-refractivity contribution in [3.8, 4) is 6.07 Å². The van der Waals surface area contributed by atoms with Crippen LogP contribution in [0.1, 0.15) is 5.56 Å². The van der Waals surface area contributed by atoms with Gasteiger partial charge in [0.15, 0.2) is 0 Å². The SMILES string of the molecule is COC(=O)C(CO)Nc1ccc([N+](=O)[O-])cc1C#N. The second kappa shape index (κ2) is 6.32. The van der Waals surface area contributed by atoms with Crippen molar-refractivity contribution in [2.45, 2.75) is 6.04 Å². The molecule has 2 N–H and O–H groups in total. The number of hydrogen-bond acceptors (Lipinski definition) is 7. The van der Waals surface area contributed by atoms with Crippen molar-refractivity contribution in [3.63, 3.8) is 0 Å². The van der Waals surface area contributed by atoms with Crippen LogP contribution >= 0.6 is 0 Å². The Bertz CT molecular complexity index is 538. The van der Waals surface area contributed by atoms with Gasteiger partial charge in [-0.3, -0.25) is 10.1 Å². The Kier molecular flexibility index (Phi) is 4.79. The van der Waals surface area contributed by atoms with Gasteiger partial charge in [0, 0.05) is 12.1 Å². The summed E-state index contributed by atoms with van der Waals surface area (Å²) in [7, 11) is 1.16. The van der Waals surface area contributed by atoms with Gasteiger partial charge < -0.3 is 15.2 Å². The number of aliphatic hydroxyl groups is 1. The average molecular weight is 265 g/mol. The van der Waals surface area contributed by atoms with Crippen LogP contribution in [0.3, 0.4) is 0 Å². The highest BCUT2D eigenvalue weighted by atomic mass is 16.6. The molecule has 0 aromatic heterocycles. The van der Waals surface area contributed by atoms with E-state index in [0.29, 0.717) is 0 Å². The number of nitro benzene ring substituents is 1. The summed E-state index contributed by atoms with van der Waals surface area (Å²) < 4.78 is 4.46. The summed E-state index contributed by atoms with van der Waals surface area (Å²) in [6.07, 6.45) is 0. The number of non-ortho nitro benzene ring substituents is 1. The number of nitriles is 1. The van der Waals surface area contributed by atoms with Crippen LogP contribution in [0.25, 0.3) is 0 Å². The molecule has 100 valence electrons. The maximum absolute atomic E-state index is 11.3. The number of ether oxygens (including phenoxy) is 1. The zero-order valence-electron chi connectivity index (χ0n) is 9.99. The summed E-state index contributed by atoms with van der Waals surface area (Å²) in [6, 6.07) is 4.29. The van der Waals surface area contributed by atoms with Crippen molar-refractivity contribution in [2.24, 2.45) is 0 Å².